The van der Waals surface area contributed by atoms with E-state index in [2.05, 4.69) is 35.8 Å². The van der Waals surface area contributed by atoms with Crippen LogP contribution in [0.2, 0.25) is 0 Å². The molecule has 1 aliphatic carbocycles. The quantitative estimate of drug-likeness (QED) is 0.831. The molecule has 2 nitrogen and oxygen atoms in total. The van der Waals surface area contributed by atoms with Crippen molar-refractivity contribution in [3.8, 4) is 0 Å². The molecule has 0 aromatic heterocycles. The van der Waals surface area contributed by atoms with Gasteiger partial charge in [0.1, 0.15) is 0 Å². The average Bonchev–Trinajstić information content (AvgIpc) is 3.23. The zero-order valence-corrected chi connectivity index (χ0v) is 11.3. The van der Waals surface area contributed by atoms with Crippen molar-refractivity contribution in [1.82, 2.24) is 10.6 Å². The number of nitrogens with one attached hydrogen (secondary N) is 2. The van der Waals surface area contributed by atoms with Gasteiger partial charge in [-0.15, -0.1) is 0 Å². The molecule has 0 bridgehead atoms. The Kier molecular flexibility index (Phi) is 3.67. The highest BCUT2D eigenvalue weighted by atomic mass is 14.9. The number of hydrogen-bond acceptors (Lipinski definition) is 2. The highest BCUT2D eigenvalue weighted by Crippen LogP contribution is 2.36. The molecule has 1 heterocycles. The molecule has 1 aromatic rings. The van der Waals surface area contributed by atoms with E-state index < -0.39 is 0 Å². The number of hydrogen-bond donors (Lipinski definition) is 2. The van der Waals surface area contributed by atoms with Gasteiger partial charge < -0.3 is 10.6 Å². The van der Waals surface area contributed by atoms with Gasteiger partial charge in [-0.05, 0) is 60.9 Å². The SMILES string of the molecule is CC(CNCc1ccc2c(c1)CNCC2)C1CC1. The lowest BCUT2D eigenvalue weighted by molar-refractivity contribution is 0.461. The third kappa shape index (κ3) is 2.93. The minimum atomic E-state index is 0.851. The minimum absolute atomic E-state index is 0.851. The van der Waals surface area contributed by atoms with Crippen LogP contribution < -0.4 is 10.6 Å². The highest BCUT2D eigenvalue weighted by Gasteiger charge is 2.27. The third-order valence-corrected chi connectivity index (χ3v) is 4.38. The van der Waals surface area contributed by atoms with Crippen LogP contribution in [0, 0.1) is 11.8 Å². The van der Waals surface area contributed by atoms with Crippen molar-refractivity contribution >= 4 is 0 Å². The number of rotatable bonds is 5. The summed E-state index contributed by atoms with van der Waals surface area (Å²) >= 11 is 0. The second-order valence-electron chi connectivity index (χ2n) is 5.98. The lowest BCUT2D eigenvalue weighted by Crippen LogP contribution is -2.25. The summed E-state index contributed by atoms with van der Waals surface area (Å²) in [6.07, 6.45) is 4.09. The van der Waals surface area contributed by atoms with Crippen LogP contribution in [0.5, 0.6) is 0 Å². The summed E-state index contributed by atoms with van der Waals surface area (Å²) in [5, 5.41) is 7.05. The second-order valence-corrected chi connectivity index (χ2v) is 5.98. The summed E-state index contributed by atoms with van der Waals surface area (Å²) < 4.78 is 0. The van der Waals surface area contributed by atoms with Gasteiger partial charge in [-0.25, -0.2) is 0 Å². The summed E-state index contributed by atoms with van der Waals surface area (Å²) in [4.78, 5) is 0. The van der Waals surface area contributed by atoms with E-state index in [9.17, 15) is 0 Å². The molecule has 1 atom stereocenters. The van der Waals surface area contributed by atoms with Crippen LogP contribution >= 0.6 is 0 Å². The molecule has 1 fully saturated rings. The van der Waals surface area contributed by atoms with Crippen molar-refractivity contribution < 1.29 is 0 Å². The number of benzene rings is 1. The molecule has 18 heavy (non-hydrogen) atoms. The Morgan fingerprint density at radius 2 is 2.22 bits per heavy atom. The van der Waals surface area contributed by atoms with Crippen molar-refractivity contribution in [3.63, 3.8) is 0 Å². The fourth-order valence-electron chi connectivity index (χ4n) is 2.92. The summed E-state index contributed by atoms with van der Waals surface area (Å²) in [6, 6.07) is 6.98. The Balaban J connectivity index is 1.52. The van der Waals surface area contributed by atoms with Crippen LogP contribution in [0.25, 0.3) is 0 Å². The molecule has 2 aliphatic rings. The van der Waals surface area contributed by atoms with E-state index in [0.29, 0.717) is 0 Å². The number of fused-ring (bicyclic) bond motifs is 1. The van der Waals surface area contributed by atoms with Gasteiger partial charge in [0, 0.05) is 13.1 Å². The molecule has 3 rings (SSSR count). The Morgan fingerprint density at radius 1 is 1.33 bits per heavy atom. The van der Waals surface area contributed by atoms with Crippen LogP contribution in [0.15, 0.2) is 18.2 Å². The van der Waals surface area contributed by atoms with Gasteiger partial charge in [-0.1, -0.05) is 25.1 Å². The third-order valence-electron chi connectivity index (χ3n) is 4.38. The van der Waals surface area contributed by atoms with Gasteiger partial charge in [-0.2, -0.15) is 0 Å². The van der Waals surface area contributed by atoms with Crippen LogP contribution in [-0.2, 0) is 19.5 Å². The molecule has 98 valence electrons. The summed E-state index contributed by atoms with van der Waals surface area (Å²) in [5.74, 6) is 1.86. The molecule has 1 unspecified atom stereocenters. The molecule has 0 amide bonds. The topological polar surface area (TPSA) is 24.1 Å². The van der Waals surface area contributed by atoms with Crippen LogP contribution in [0.4, 0.5) is 0 Å². The molecule has 2 heteroatoms. The smallest absolute Gasteiger partial charge is 0.0208 e. The monoisotopic (exact) mass is 244 g/mol. The van der Waals surface area contributed by atoms with Gasteiger partial charge in [0.15, 0.2) is 0 Å². The maximum atomic E-state index is 3.61. The molecule has 1 aliphatic heterocycles. The van der Waals surface area contributed by atoms with Crippen LogP contribution in [0.1, 0.15) is 36.5 Å². The molecular weight excluding hydrogens is 220 g/mol. The van der Waals surface area contributed by atoms with Gasteiger partial charge in [0.25, 0.3) is 0 Å². The van der Waals surface area contributed by atoms with E-state index >= 15 is 0 Å². The first-order valence-corrected chi connectivity index (χ1v) is 7.35. The van der Waals surface area contributed by atoms with Crippen LogP contribution in [-0.4, -0.2) is 13.1 Å². The van der Waals surface area contributed by atoms with E-state index in [0.717, 1.165) is 31.5 Å². The van der Waals surface area contributed by atoms with E-state index in [1.807, 2.05) is 0 Å². The largest absolute Gasteiger partial charge is 0.312 e. The van der Waals surface area contributed by atoms with Crippen molar-refractivity contribution in [1.29, 1.82) is 0 Å². The van der Waals surface area contributed by atoms with Crippen molar-refractivity contribution in [2.24, 2.45) is 11.8 Å². The van der Waals surface area contributed by atoms with Gasteiger partial charge in [-0.3, -0.25) is 0 Å². The minimum Gasteiger partial charge on any atom is -0.312 e. The highest BCUT2D eigenvalue weighted by molar-refractivity contribution is 5.33. The molecule has 2 N–H and O–H groups in total. The Labute approximate surface area is 110 Å². The lowest BCUT2D eigenvalue weighted by Gasteiger charge is -2.18. The van der Waals surface area contributed by atoms with Gasteiger partial charge in [0.2, 0.25) is 0 Å². The molecule has 0 spiro atoms. The molecular formula is C16H24N2. The normalized spacial score (nSPS) is 20.5. The standard InChI is InChI=1S/C16H24N2/c1-12(14-4-5-14)9-18-10-13-2-3-15-6-7-17-11-16(15)8-13/h2-3,8,12,14,17-18H,4-7,9-11H2,1H3. The Morgan fingerprint density at radius 3 is 3.06 bits per heavy atom. The fourth-order valence-corrected chi connectivity index (χ4v) is 2.92. The average molecular weight is 244 g/mol. The first kappa shape index (κ1) is 12.2. The summed E-state index contributed by atoms with van der Waals surface area (Å²) in [7, 11) is 0. The van der Waals surface area contributed by atoms with Crippen molar-refractivity contribution in [2.45, 2.75) is 39.3 Å². The van der Waals surface area contributed by atoms with Crippen LogP contribution in [0.3, 0.4) is 0 Å². The molecule has 1 saturated carbocycles. The van der Waals surface area contributed by atoms with E-state index in [1.165, 1.54) is 42.5 Å². The predicted molar refractivity (Wildman–Crippen MR) is 75.4 cm³/mol. The molecule has 0 radical (unpaired) electrons. The molecule has 1 aromatic carbocycles. The van der Waals surface area contributed by atoms with E-state index in [1.54, 1.807) is 0 Å². The van der Waals surface area contributed by atoms with Crippen molar-refractivity contribution in [3.05, 3.63) is 34.9 Å². The molecule has 0 saturated heterocycles. The predicted octanol–water partition coefficient (Wildman–Crippen LogP) is 2.47. The zero-order chi connectivity index (χ0) is 12.4. The zero-order valence-electron chi connectivity index (χ0n) is 11.3. The summed E-state index contributed by atoms with van der Waals surface area (Å²) in [5.41, 5.74) is 4.46. The Hall–Kier alpha value is -0.860. The van der Waals surface area contributed by atoms with E-state index in [4.69, 9.17) is 0 Å². The lowest BCUT2D eigenvalue weighted by atomic mass is 9.98. The maximum absolute atomic E-state index is 3.61. The fraction of sp³-hybridized carbons (Fsp3) is 0.625. The maximum Gasteiger partial charge on any atom is 0.0208 e. The van der Waals surface area contributed by atoms with E-state index in [-0.39, 0.29) is 0 Å². The second kappa shape index (κ2) is 5.41. The van der Waals surface area contributed by atoms with Gasteiger partial charge in [0.05, 0.1) is 0 Å². The van der Waals surface area contributed by atoms with Crippen molar-refractivity contribution in [2.75, 3.05) is 13.1 Å². The van der Waals surface area contributed by atoms with Gasteiger partial charge >= 0.3 is 0 Å². The first-order chi connectivity index (χ1) is 8.83. The first-order valence-electron chi connectivity index (χ1n) is 7.35. The summed E-state index contributed by atoms with van der Waals surface area (Å²) in [6.45, 7) is 6.73. The Bertz CT molecular complexity index is 410.